The van der Waals surface area contributed by atoms with Gasteiger partial charge in [0.05, 0.1) is 13.2 Å². The topological polar surface area (TPSA) is 108 Å². The molecule has 0 amide bonds. The molecule has 0 radical (unpaired) electrons. The fourth-order valence-corrected chi connectivity index (χ4v) is 7.76. The van der Waals surface area contributed by atoms with Gasteiger partial charge in [-0.2, -0.15) is 0 Å². The highest BCUT2D eigenvalue weighted by atomic mass is 31.2. The average Bonchev–Trinajstić information content (AvgIpc) is 3.22. The fraction of sp³-hybridized carbons (Fsp3) is 0.840. The van der Waals surface area contributed by atoms with Crippen molar-refractivity contribution in [3.8, 4) is 0 Å². The number of phosphoric ester groups is 1. The van der Waals surface area contributed by atoms with Gasteiger partial charge in [0.25, 0.3) is 0 Å². The summed E-state index contributed by atoms with van der Waals surface area (Å²) < 4.78 is 32.8. The monoisotopic (exact) mass is 853 g/mol. The van der Waals surface area contributed by atoms with Gasteiger partial charge in [0.2, 0.25) is 0 Å². The zero-order valence-electron chi connectivity index (χ0n) is 38.7. The van der Waals surface area contributed by atoms with Gasteiger partial charge >= 0.3 is 19.8 Å². The normalized spacial score (nSPS) is 13.5. The van der Waals surface area contributed by atoms with Crippen molar-refractivity contribution in [2.45, 2.75) is 252 Å². The van der Waals surface area contributed by atoms with E-state index in [9.17, 15) is 19.0 Å². The van der Waals surface area contributed by atoms with Crippen LogP contribution in [0.3, 0.4) is 0 Å². The van der Waals surface area contributed by atoms with E-state index in [0.717, 1.165) is 51.4 Å². The Labute approximate surface area is 364 Å². The maximum absolute atomic E-state index is 12.6. The molecule has 0 aliphatic rings. The van der Waals surface area contributed by atoms with Crippen LogP contribution in [0, 0.1) is 0 Å². The van der Waals surface area contributed by atoms with Gasteiger partial charge in [-0.3, -0.25) is 18.6 Å². The lowest BCUT2D eigenvalue weighted by molar-refractivity contribution is -0.161. The highest BCUT2D eigenvalue weighted by Crippen LogP contribution is 2.43. The predicted molar refractivity (Wildman–Crippen MR) is 249 cm³/mol. The lowest BCUT2D eigenvalue weighted by Crippen LogP contribution is -2.29. The number of allylic oxidation sites excluding steroid dienone is 6. The van der Waals surface area contributed by atoms with Crippen LogP contribution >= 0.6 is 7.82 Å². The second kappa shape index (κ2) is 45.8. The van der Waals surface area contributed by atoms with Crippen LogP contribution < -0.4 is 0 Å². The Balaban J connectivity index is 3.99. The molecule has 2 unspecified atom stereocenters. The minimum atomic E-state index is -4.29. The Morgan fingerprint density at radius 1 is 0.458 bits per heavy atom. The van der Waals surface area contributed by atoms with Crippen molar-refractivity contribution in [2.24, 2.45) is 0 Å². The van der Waals surface area contributed by atoms with Crippen molar-refractivity contribution in [3.63, 3.8) is 0 Å². The Morgan fingerprint density at radius 2 is 0.814 bits per heavy atom. The molecule has 0 rings (SSSR count). The maximum atomic E-state index is 12.6. The number of unbranched alkanes of at least 4 members (excludes halogenated alkanes) is 28. The highest BCUT2D eigenvalue weighted by Gasteiger charge is 2.25. The summed E-state index contributed by atoms with van der Waals surface area (Å²) in [5.41, 5.74) is 0. The molecule has 0 aromatic heterocycles. The summed E-state index contributed by atoms with van der Waals surface area (Å²) in [6.07, 6.45) is 53.5. The van der Waals surface area contributed by atoms with Crippen molar-refractivity contribution in [3.05, 3.63) is 36.5 Å². The molecule has 0 saturated heterocycles. The lowest BCUT2D eigenvalue weighted by Gasteiger charge is -2.19. The van der Waals surface area contributed by atoms with E-state index in [1.807, 2.05) is 0 Å². The zero-order chi connectivity index (χ0) is 43.2. The average molecular weight is 853 g/mol. The predicted octanol–water partition coefficient (Wildman–Crippen LogP) is 16.0. The van der Waals surface area contributed by atoms with E-state index in [4.69, 9.17) is 18.5 Å². The molecular formula is C50H93O8P. The highest BCUT2D eigenvalue weighted by molar-refractivity contribution is 7.47. The molecule has 0 fully saturated rings. The number of hydrogen-bond acceptors (Lipinski definition) is 7. The summed E-state index contributed by atoms with van der Waals surface area (Å²) >= 11 is 0. The molecule has 0 spiro atoms. The van der Waals surface area contributed by atoms with E-state index in [-0.39, 0.29) is 32.0 Å². The van der Waals surface area contributed by atoms with E-state index in [0.29, 0.717) is 6.42 Å². The molecule has 0 bridgehead atoms. The number of hydrogen-bond donors (Lipinski definition) is 1. The van der Waals surface area contributed by atoms with Crippen LogP contribution in [0.15, 0.2) is 36.5 Å². The minimum absolute atomic E-state index is 0.000775. The molecule has 0 aromatic rings. The molecule has 0 heterocycles. The first-order valence-corrected chi connectivity index (χ1v) is 26.3. The van der Waals surface area contributed by atoms with E-state index >= 15 is 0 Å². The van der Waals surface area contributed by atoms with Crippen molar-refractivity contribution in [1.82, 2.24) is 0 Å². The van der Waals surface area contributed by atoms with Crippen molar-refractivity contribution < 1.29 is 37.6 Å². The summed E-state index contributed by atoms with van der Waals surface area (Å²) in [6.45, 7) is 5.48. The summed E-state index contributed by atoms with van der Waals surface area (Å²) in [7, 11) is -4.29. The van der Waals surface area contributed by atoms with Crippen LogP contribution in [-0.4, -0.2) is 42.8 Å². The van der Waals surface area contributed by atoms with E-state index in [1.165, 1.54) is 154 Å². The quantitative estimate of drug-likeness (QED) is 0.0279. The second-order valence-corrected chi connectivity index (χ2v) is 17.9. The first kappa shape index (κ1) is 57.3. The second-order valence-electron chi connectivity index (χ2n) is 16.5. The molecule has 346 valence electrons. The standard InChI is InChI=1S/C50H93O8P/c1-4-7-9-11-13-15-17-19-21-23-24-25-26-27-28-29-31-33-35-37-39-41-43-45-50(52)58-48(47-57-59(53,54)56-6-3)46-55-49(51)44-42-40-38-36-34-32-30-22-20-18-16-14-12-10-8-5-2/h17,19,22-24,30,48H,4-16,18,20-21,25-29,31-47H2,1-3H3,(H,53,54)/b19-17-,24-23-,30-22-. The molecule has 0 aliphatic carbocycles. The molecule has 0 aliphatic heterocycles. The van der Waals surface area contributed by atoms with Gasteiger partial charge < -0.3 is 14.4 Å². The summed E-state index contributed by atoms with van der Waals surface area (Å²) in [4.78, 5) is 34.9. The van der Waals surface area contributed by atoms with Crippen LogP contribution in [-0.2, 0) is 32.7 Å². The van der Waals surface area contributed by atoms with Gasteiger partial charge in [-0.05, 0) is 77.6 Å². The van der Waals surface area contributed by atoms with Crippen molar-refractivity contribution in [1.29, 1.82) is 0 Å². The van der Waals surface area contributed by atoms with Crippen molar-refractivity contribution in [2.75, 3.05) is 19.8 Å². The van der Waals surface area contributed by atoms with Crippen LogP contribution in [0.1, 0.15) is 245 Å². The Morgan fingerprint density at radius 3 is 1.22 bits per heavy atom. The van der Waals surface area contributed by atoms with Crippen LogP contribution in [0.4, 0.5) is 0 Å². The van der Waals surface area contributed by atoms with Gasteiger partial charge in [-0.25, -0.2) is 4.57 Å². The Bertz CT molecular complexity index is 1060. The van der Waals surface area contributed by atoms with Gasteiger partial charge in [-0.15, -0.1) is 0 Å². The largest absolute Gasteiger partial charge is 0.472 e. The summed E-state index contributed by atoms with van der Waals surface area (Å²) in [5, 5.41) is 0. The third-order valence-electron chi connectivity index (χ3n) is 10.7. The zero-order valence-corrected chi connectivity index (χ0v) is 39.6. The number of esters is 2. The number of phosphoric acid groups is 1. The van der Waals surface area contributed by atoms with E-state index < -0.39 is 26.5 Å². The van der Waals surface area contributed by atoms with Crippen LogP contribution in [0.25, 0.3) is 0 Å². The first-order valence-electron chi connectivity index (χ1n) is 24.8. The third kappa shape index (κ3) is 45.6. The molecule has 9 heteroatoms. The molecule has 59 heavy (non-hydrogen) atoms. The number of ether oxygens (including phenoxy) is 2. The third-order valence-corrected chi connectivity index (χ3v) is 11.7. The maximum Gasteiger partial charge on any atom is 0.472 e. The van der Waals surface area contributed by atoms with Crippen LogP contribution in [0.5, 0.6) is 0 Å². The lowest BCUT2D eigenvalue weighted by atomic mass is 10.0. The first-order chi connectivity index (χ1) is 28.8. The smallest absolute Gasteiger partial charge is 0.462 e. The van der Waals surface area contributed by atoms with E-state index in [2.05, 4.69) is 50.3 Å². The Kier molecular flexibility index (Phi) is 44.4. The molecule has 2 atom stereocenters. The van der Waals surface area contributed by atoms with Gasteiger partial charge in [0.15, 0.2) is 6.10 Å². The summed E-state index contributed by atoms with van der Waals surface area (Å²) in [5.74, 6) is -0.802. The molecule has 0 saturated carbocycles. The van der Waals surface area contributed by atoms with Crippen LogP contribution in [0.2, 0.25) is 0 Å². The molecule has 1 N–H and O–H groups in total. The van der Waals surface area contributed by atoms with Gasteiger partial charge in [0, 0.05) is 12.8 Å². The SMILES string of the molecule is CCCCCCC/C=C\C/C=C\CCCCCCCCCCCCCC(=O)OC(COC(=O)CCCCCCC/C=C\CCCCCCCCC)COP(=O)(O)OCC. The summed E-state index contributed by atoms with van der Waals surface area (Å²) in [6, 6.07) is 0. The van der Waals surface area contributed by atoms with E-state index in [1.54, 1.807) is 6.92 Å². The minimum Gasteiger partial charge on any atom is -0.462 e. The van der Waals surface area contributed by atoms with Gasteiger partial charge in [-0.1, -0.05) is 192 Å². The molecule has 8 nitrogen and oxygen atoms in total. The number of carbonyl (C=O) groups is 2. The fourth-order valence-electron chi connectivity index (χ4n) is 7.01. The number of carbonyl (C=O) groups excluding carboxylic acids is 2. The molecular weight excluding hydrogens is 760 g/mol. The number of rotatable bonds is 46. The van der Waals surface area contributed by atoms with Gasteiger partial charge in [0.1, 0.15) is 6.61 Å². The molecule has 0 aromatic carbocycles. The Hall–Kier alpha value is -1.73. The van der Waals surface area contributed by atoms with Crippen molar-refractivity contribution >= 4 is 19.8 Å².